The van der Waals surface area contributed by atoms with Gasteiger partial charge < -0.3 is 9.64 Å². The summed E-state index contributed by atoms with van der Waals surface area (Å²) in [5.41, 5.74) is 2.59. The second-order valence-corrected chi connectivity index (χ2v) is 6.81. The van der Waals surface area contributed by atoms with E-state index in [0.29, 0.717) is 0 Å². The second kappa shape index (κ2) is 6.52. The minimum absolute atomic E-state index is 0.131. The maximum Gasteiger partial charge on any atom is 0.186 e. The maximum absolute atomic E-state index is 13.8. The molecule has 2 heterocycles. The van der Waals surface area contributed by atoms with Gasteiger partial charge in [-0.05, 0) is 23.6 Å². The molecule has 0 unspecified atom stereocenters. The zero-order valence-corrected chi connectivity index (χ0v) is 14.2. The van der Waals surface area contributed by atoms with Crippen LogP contribution in [0.3, 0.4) is 0 Å². The SMILES string of the molecule is CC(C)c1c(-c2csc(N3CCOCC3)n2)ccc(F)c1Cl. The molecule has 0 N–H and O–H groups in total. The van der Waals surface area contributed by atoms with Crippen LogP contribution in [0, 0.1) is 5.82 Å². The Morgan fingerprint density at radius 2 is 2.05 bits per heavy atom. The van der Waals surface area contributed by atoms with Crippen LogP contribution >= 0.6 is 22.9 Å². The third-order valence-corrected chi connectivity index (χ3v) is 5.05. The predicted octanol–water partition coefficient (Wildman–Crippen LogP) is 4.56. The largest absolute Gasteiger partial charge is 0.378 e. The van der Waals surface area contributed by atoms with Crippen molar-refractivity contribution >= 4 is 28.1 Å². The molecule has 0 atom stereocenters. The van der Waals surface area contributed by atoms with Gasteiger partial charge in [0.15, 0.2) is 5.13 Å². The number of halogens is 2. The Morgan fingerprint density at radius 3 is 2.73 bits per heavy atom. The summed E-state index contributed by atoms with van der Waals surface area (Å²) < 4.78 is 19.1. The van der Waals surface area contributed by atoms with Gasteiger partial charge in [-0.3, -0.25) is 0 Å². The van der Waals surface area contributed by atoms with E-state index in [1.807, 2.05) is 19.2 Å². The van der Waals surface area contributed by atoms with Gasteiger partial charge in [-0.15, -0.1) is 11.3 Å². The summed E-state index contributed by atoms with van der Waals surface area (Å²) in [6.07, 6.45) is 0. The number of anilines is 1. The van der Waals surface area contributed by atoms with Gasteiger partial charge in [-0.2, -0.15) is 0 Å². The molecule has 6 heteroatoms. The third-order valence-electron chi connectivity index (χ3n) is 3.76. The van der Waals surface area contributed by atoms with E-state index < -0.39 is 0 Å². The molecule has 0 amide bonds. The average Bonchev–Trinajstić information content (AvgIpc) is 3.00. The molecule has 2 aromatic rings. The summed E-state index contributed by atoms with van der Waals surface area (Å²) in [7, 11) is 0. The molecular formula is C16H18ClFN2OS. The molecule has 1 aromatic heterocycles. The fourth-order valence-corrected chi connectivity index (χ4v) is 3.90. The van der Waals surface area contributed by atoms with Crippen molar-refractivity contribution in [1.29, 1.82) is 0 Å². The first-order chi connectivity index (χ1) is 10.6. The summed E-state index contributed by atoms with van der Waals surface area (Å²) in [6, 6.07) is 3.19. The lowest BCUT2D eigenvalue weighted by atomic mass is 9.95. The monoisotopic (exact) mass is 340 g/mol. The normalized spacial score (nSPS) is 15.6. The van der Waals surface area contributed by atoms with Crippen molar-refractivity contribution in [3.05, 3.63) is 33.9 Å². The van der Waals surface area contributed by atoms with Crippen LogP contribution in [0.25, 0.3) is 11.3 Å². The number of aromatic nitrogens is 1. The van der Waals surface area contributed by atoms with Crippen LogP contribution in [-0.4, -0.2) is 31.3 Å². The van der Waals surface area contributed by atoms with E-state index in [4.69, 9.17) is 21.3 Å². The van der Waals surface area contributed by atoms with E-state index in [2.05, 4.69) is 4.90 Å². The lowest BCUT2D eigenvalue weighted by Gasteiger charge is -2.26. The van der Waals surface area contributed by atoms with Gasteiger partial charge in [0.2, 0.25) is 0 Å². The Kier molecular flexibility index (Phi) is 4.66. The van der Waals surface area contributed by atoms with Gasteiger partial charge >= 0.3 is 0 Å². The highest BCUT2D eigenvalue weighted by Gasteiger charge is 2.20. The lowest BCUT2D eigenvalue weighted by Crippen LogP contribution is -2.36. The molecule has 3 nitrogen and oxygen atoms in total. The Hall–Kier alpha value is -1.17. The number of nitrogens with zero attached hydrogens (tertiary/aromatic N) is 2. The molecule has 1 aromatic carbocycles. The van der Waals surface area contributed by atoms with Gasteiger partial charge in [-0.25, -0.2) is 9.37 Å². The van der Waals surface area contributed by atoms with E-state index in [0.717, 1.165) is 48.3 Å². The number of benzene rings is 1. The summed E-state index contributed by atoms with van der Waals surface area (Å²) in [4.78, 5) is 6.95. The predicted molar refractivity (Wildman–Crippen MR) is 89.6 cm³/mol. The average molecular weight is 341 g/mol. The summed E-state index contributed by atoms with van der Waals surface area (Å²) in [5.74, 6) is -0.246. The first kappa shape index (κ1) is 15.7. The first-order valence-electron chi connectivity index (χ1n) is 7.34. The van der Waals surface area contributed by atoms with Gasteiger partial charge in [-0.1, -0.05) is 25.4 Å². The molecule has 1 aliphatic rings. The number of hydrogen-bond acceptors (Lipinski definition) is 4. The minimum Gasteiger partial charge on any atom is -0.378 e. The molecule has 1 saturated heterocycles. The first-order valence-corrected chi connectivity index (χ1v) is 8.60. The standard InChI is InChI=1S/C16H18ClFN2OS/c1-10(2)14-11(3-4-12(18)15(14)17)13-9-22-16(19-13)20-5-7-21-8-6-20/h3-4,9-10H,5-8H2,1-2H3. The number of hydrogen-bond donors (Lipinski definition) is 0. The van der Waals surface area contributed by atoms with Crippen LogP contribution in [0.5, 0.6) is 0 Å². The minimum atomic E-state index is -0.377. The highest BCUT2D eigenvalue weighted by Crippen LogP contribution is 2.37. The fourth-order valence-electron chi connectivity index (χ4n) is 2.64. The smallest absolute Gasteiger partial charge is 0.186 e. The fraction of sp³-hybridized carbons (Fsp3) is 0.438. The van der Waals surface area contributed by atoms with E-state index in [-0.39, 0.29) is 16.8 Å². The Morgan fingerprint density at radius 1 is 1.32 bits per heavy atom. The van der Waals surface area contributed by atoms with Crippen LogP contribution in [0.4, 0.5) is 9.52 Å². The molecule has 118 valence electrons. The Balaban J connectivity index is 1.98. The van der Waals surface area contributed by atoms with Crippen LogP contribution in [0.1, 0.15) is 25.3 Å². The van der Waals surface area contributed by atoms with Crippen molar-refractivity contribution in [3.63, 3.8) is 0 Å². The maximum atomic E-state index is 13.8. The van der Waals surface area contributed by atoms with Crippen molar-refractivity contribution in [3.8, 4) is 11.3 Å². The Labute approximate surface area is 138 Å². The van der Waals surface area contributed by atoms with Crippen molar-refractivity contribution in [2.75, 3.05) is 31.2 Å². The van der Waals surface area contributed by atoms with E-state index in [9.17, 15) is 4.39 Å². The topological polar surface area (TPSA) is 25.4 Å². The molecular weight excluding hydrogens is 323 g/mol. The van der Waals surface area contributed by atoms with Gasteiger partial charge in [0, 0.05) is 24.0 Å². The zero-order valence-electron chi connectivity index (χ0n) is 12.6. The number of morpholine rings is 1. The van der Waals surface area contributed by atoms with Gasteiger partial charge in [0.1, 0.15) is 5.82 Å². The van der Waals surface area contributed by atoms with Crippen LogP contribution in [-0.2, 0) is 4.74 Å². The molecule has 22 heavy (non-hydrogen) atoms. The van der Waals surface area contributed by atoms with Crippen molar-refractivity contribution < 1.29 is 9.13 Å². The molecule has 1 fully saturated rings. The lowest BCUT2D eigenvalue weighted by molar-refractivity contribution is 0.122. The van der Waals surface area contributed by atoms with E-state index in [1.54, 1.807) is 17.4 Å². The number of ether oxygens (including phenoxy) is 1. The zero-order chi connectivity index (χ0) is 15.7. The molecule has 0 saturated carbocycles. The van der Waals surface area contributed by atoms with Gasteiger partial charge in [0.05, 0.1) is 23.9 Å². The summed E-state index contributed by atoms with van der Waals surface area (Å²) >= 11 is 7.78. The molecule has 3 rings (SSSR count). The number of rotatable bonds is 3. The van der Waals surface area contributed by atoms with Crippen molar-refractivity contribution in [2.45, 2.75) is 19.8 Å². The molecule has 0 aliphatic carbocycles. The van der Waals surface area contributed by atoms with Crippen LogP contribution in [0.2, 0.25) is 5.02 Å². The number of thiazole rings is 1. The van der Waals surface area contributed by atoms with Crippen molar-refractivity contribution in [2.24, 2.45) is 0 Å². The van der Waals surface area contributed by atoms with Crippen molar-refractivity contribution in [1.82, 2.24) is 4.98 Å². The summed E-state index contributed by atoms with van der Waals surface area (Å²) in [5, 5.41) is 3.20. The molecule has 0 bridgehead atoms. The quantitative estimate of drug-likeness (QED) is 0.818. The van der Waals surface area contributed by atoms with Crippen LogP contribution in [0.15, 0.2) is 17.5 Å². The summed E-state index contributed by atoms with van der Waals surface area (Å²) in [6.45, 7) is 7.20. The Bertz CT molecular complexity index is 668. The highest BCUT2D eigenvalue weighted by molar-refractivity contribution is 7.14. The van der Waals surface area contributed by atoms with Gasteiger partial charge in [0.25, 0.3) is 0 Å². The van der Waals surface area contributed by atoms with Crippen LogP contribution < -0.4 is 4.90 Å². The third kappa shape index (κ3) is 2.98. The highest BCUT2D eigenvalue weighted by atomic mass is 35.5. The molecule has 0 spiro atoms. The van der Waals surface area contributed by atoms with E-state index in [1.165, 1.54) is 6.07 Å². The van der Waals surface area contributed by atoms with E-state index >= 15 is 0 Å². The second-order valence-electron chi connectivity index (χ2n) is 5.59. The molecule has 0 radical (unpaired) electrons. The molecule has 1 aliphatic heterocycles.